The molecule has 0 saturated carbocycles. The maximum absolute atomic E-state index is 13.1. The zero-order valence-electron chi connectivity index (χ0n) is 19.5. The van der Waals surface area contributed by atoms with E-state index >= 15 is 0 Å². The van der Waals surface area contributed by atoms with Crippen LogP contribution in [0.15, 0.2) is 34.8 Å². The van der Waals surface area contributed by atoms with E-state index in [0.717, 1.165) is 60.0 Å². The molecule has 3 aromatic rings. The molecule has 1 aromatic carbocycles. The van der Waals surface area contributed by atoms with Crippen molar-refractivity contribution in [2.45, 2.75) is 47.2 Å². The Balaban J connectivity index is 1.40. The summed E-state index contributed by atoms with van der Waals surface area (Å²) < 4.78 is 4.83. The summed E-state index contributed by atoms with van der Waals surface area (Å²) in [5.74, 6) is 0.131. The fourth-order valence-electron chi connectivity index (χ4n) is 4.46. The second-order valence-corrected chi connectivity index (χ2v) is 9.40. The van der Waals surface area contributed by atoms with E-state index < -0.39 is 0 Å². The van der Waals surface area contributed by atoms with Gasteiger partial charge >= 0.3 is 0 Å². The number of nitrogens with zero attached hydrogens (tertiary/aromatic N) is 6. The Kier molecular flexibility index (Phi) is 6.53. The van der Waals surface area contributed by atoms with Gasteiger partial charge in [0.05, 0.1) is 27.2 Å². The molecule has 0 N–H and O–H groups in total. The number of para-hydroxylation sites is 1. The van der Waals surface area contributed by atoms with E-state index in [4.69, 9.17) is 5.10 Å². The Morgan fingerprint density at radius 2 is 1.62 bits per heavy atom. The number of amides is 1. The average Bonchev–Trinajstić information content (AvgIpc) is 3.23. The van der Waals surface area contributed by atoms with E-state index in [2.05, 4.69) is 51.9 Å². The Hall–Kier alpha value is -2.45. The number of aromatic nitrogens is 4. The lowest BCUT2D eigenvalue weighted by Gasteiger charge is -2.36. The molecule has 1 amide bonds. The van der Waals surface area contributed by atoms with Crippen molar-refractivity contribution in [3.05, 3.63) is 63.1 Å². The number of carbonyl (C=O) groups is 1. The molecule has 32 heavy (non-hydrogen) atoms. The molecule has 1 saturated heterocycles. The molecule has 1 aliphatic heterocycles. The van der Waals surface area contributed by atoms with Crippen molar-refractivity contribution >= 4 is 21.8 Å². The molecular weight excluding hydrogens is 468 g/mol. The zero-order valence-corrected chi connectivity index (χ0v) is 21.1. The van der Waals surface area contributed by atoms with Crippen LogP contribution in [0.3, 0.4) is 0 Å². The van der Waals surface area contributed by atoms with Crippen LogP contribution in [-0.4, -0.2) is 61.4 Å². The van der Waals surface area contributed by atoms with Gasteiger partial charge in [-0.2, -0.15) is 10.2 Å². The summed E-state index contributed by atoms with van der Waals surface area (Å²) in [7, 11) is 0. The van der Waals surface area contributed by atoms with Crippen LogP contribution >= 0.6 is 15.9 Å². The predicted molar refractivity (Wildman–Crippen MR) is 129 cm³/mol. The highest BCUT2D eigenvalue weighted by molar-refractivity contribution is 9.10. The maximum atomic E-state index is 13.1. The number of aryl methyl sites for hydroxylation is 2. The van der Waals surface area contributed by atoms with Crippen molar-refractivity contribution in [3.8, 4) is 5.69 Å². The van der Waals surface area contributed by atoms with Crippen LogP contribution in [0.2, 0.25) is 0 Å². The van der Waals surface area contributed by atoms with Gasteiger partial charge in [0.2, 0.25) is 5.91 Å². The third-order valence-electron chi connectivity index (χ3n) is 6.47. The van der Waals surface area contributed by atoms with Crippen LogP contribution in [0.25, 0.3) is 5.69 Å². The molecule has 8 heteroatoms. The fraction of sp³-hybridized carbons (Fsp3) is 0.458. The first-order chi connectivity index (χ1) is 15.3. The number of hydrogen-bond donors (Lipinski definition) is 0. The van der Waals surface area contributed by atoms with Crippen molar-refractivity contribution in [3.63, 3.8) is 0 Å². The number of halogens is 1. The lowest BCUT2D eigenvalue weighted by molar-refractivity contribution is -0.136. The topological polar surface area (TPSA) is 59.2 Å². The molecule has 7 nitrogen and oxygen atoms in total. The quantitative estimate of drug-likeness (QED) is 0.533. The first kappa shape index (κ1) is 22.7. The summed E-state index contributed by atoms with van der Waals surface area (Å²) in [6.45, 7) is 14.1. The summed E-state index contributed by atoms with van der Waals surface area (Å²) in [6, 6.07) is 9.94. The Bertz CT molecular complexity index is 1110. The predicted octanol–water partition coefficient (Wildman–Crippen LogP) is 3.97. The number of piperazine rings is 1. The molecule has 0 bridgehead atoms. The van der Waals surface area contributed by atoms with E-state index in [-0.39, 0.29) is 11.9 Å². The normalized spacial score (nSPS) is 15.9. The van der Waals surface area contributed by atoms with Crippen molar-refractivity contribution < 1.29 is 4.79 Å². The minimum atomic E-state index is -0.305. The van der Waals surface area contributed by atoms with Gasteiger partial charge in [-0.25, -0.2) is 4.68 Å². The number of benzene rings is 1. The molecule has 2 aromatic heterocycles. The van der Waals surface area contributed by atoms with E-state index in [1.165, 1.54) is 11.3 Å². The molecule has 0 aliphatic carbocycles. The van der Waals surface area contributed by atoms with Crippen LogP contribution in [0.5, 0.6) is 0 Å². The van der Waals surface area contributed by atoms with E-state index in [1.54, 1.807) is 0 Å². The Morgan fingerprint density at radius 3 is 2.22 bits per heavy atom. The molecular formula is C24H31BrN6O. The molecule has 1 atom stereocenters. The monoisotopic (exact) mass is 498 g/mol. The molecule has 4 rings (SSSR count). The molecule has 170 valence electrons. The van der Waals surface area contributed by atoms with Gasteiger partial charge in [-0.1, -0.05) is 18.2 Å². The Labute approximate surface area is 198 Å². The minimum Gasteiger partial charge on any atom is -0.338 e. The zero-order chi connectivity index (χ0) is 23.0. The molecule has 3 heterocycles. The van der Waals surface area contributed by atoms with Gasteiger partial charge in [-0.15, -0.1) is 0 Å². The minimum absolute atomic E-state index is 0.131. The lowest BCUT2D eigenvalue weighted by atomic mass is 10.1. The van der Waals surface area contributed by atoms with Gasteiger partial charge in [-0.05, 0) is 62.7 Å². The summed E-state index contributed by atoms with van der Waals surface area (Å²) in [5.41, 5.74) is 6.50. The third kappa shape index (κ3) is 4.26. The van der Waals surface area contributed by atoms with Crippen molar-refractivity contribution in [1.29, 1.82) is 0 Å². The number of carbonyl (C=O) groups excluding carboxylic acids is 1. The van der Waals surface area contributed by atoms with Crippen molar-refractivity contribution in [2.24, 2.45) is 0 Å². The van der Waals surface area contributed by atoms with Gasteiger partial charge < -0.3 is 4.90 Å². The first-order valence-corrected chi connectivity index (χ1v) is 11.9. The smallest absolute Gasteiger partial charge is 0.247 e. The summed E-state index contributed by atoms with van der Waals surface area (Å²) in [5, 5.41) is 9.32. The average molecular weight is 499 g/mol. The largest absolute Gasteiger partial charge is 0.338 e. The third-order valence-corrected chi connectivity index (χ3v) is 7.62. The highest BCUT2D eigenvalue weighted by Crippen LogP contribution is 2.24. The summed E-state index contributed by atoms with van der Waals surface area (Å²) in [6.07, 6.45) is 0. The molecule has 0 radical (unpaired) electrons. The molecule has 1 fully saturated rings. The summed E-state index contributed by atoms with van der Waals surface area (Å²) >= 11 is 3.56. The van der Waals surface area contributed by atoms with Gasteiger partial charge in [0, 0.05) is 44.0 Å². The van der Waals surface area contributed by atoms with Crippen LogP contribution in [0.4, 0.5) is 0 Å². The van der Waals surface area contributed by atoms with Crippen LogP contribution in [0, 0.1) is 27.7 Å². The number of rotatable bonds is 5. The van der Waals surface area contributed by atoms with Crippen molar-refractivity contribution in [2.75, 3.05) is 26.2 Å². The fourth-order valence-corrected chi connectivity index (χ4v) is 4.72. The maximum Gasteiger partial charge on any atom is 0.247 e. The van der Waals surface area contributed by atoms with Gasteiger partial charge in [0.25, 0.3) is 0 Å². The SMILES string of the molecule is Cc1nn(C(C)C(=O)N2CCN(Cc3c(C)nn(-c4ccccc4)c3C)CC2)c(C)c1Br. The molecule has 0 spiro atoms. The van der Waals surface area contributed by atoms with Crippen LogP contribution in [0.1, 0.15) is 41.3 Å². The highest BCUT2D eigenvalue weighted by Gasteiger charge is 2.28. The highest BCUT2D eigenvalue weighted by atomic mass is 79.9. The van der Waals surface area contributed by atoms with Gasteiger partial charge in [-0.3, -0.25) is 14.4 Å². The van der Waals surface area contributed by atoms with Gasteiger partial charge in [0.1, 0.15) is 6.04 Å². The van der Waals surface area contributed by atoms with Crippen LogP contribution in [-0.2, 0) is 11.3 Å². The van der Waals surface area contributed by atoms with Crippen LogP contribution < -0.4 is 0 Å². The van der Waals surface area contributed by atoms with Gasteiger partial charge in [0.15, 0.2) is 0 Å². The molecule has 1 unspecified atom stereocenters. The van der Waals surface area contributed by atoms with E-state index in [9.17, 15) is 4.79 Å². The first-order valence-electron chi connectivity index (χ1n) is 11.1. The summed E-state index contributed by atoms with van der Waals surface area (Å²) in [4.78, 5) is 17.5. The van der Waals surface area contributed by atoms with E-state index in [1.807, 2.05) is 53.2 Å². The second-order valence-electron chi connectivity index (χ2n) is 8.60. The lowest BCUT2D eigenvalue weighted by Crippen LogP contribution is -2.50. The second kappa shape index (κ2) is 9.19. The van der Waals surface area contributed by atoms with E-state index in [0.29, 0.717) is 0 Å². The standard InChI is InChI=1S/C24H31BrN6O/c1-16-22(18(3)31(26-16)21-9-7-6-8-10-21)15-28-11-13-29(14-12-28)24(32)20(5)30-19(4)23(25)17(2)27-30/h6-10,20H,11-15H2,1-5H3. The van der Waals surface area contributed by atoms with Crippen molar-refractivity contribution in [1.82, 2.24) is 29.4 Å². The Morgan fingerprint density at radius 1 is 0.969 bits per heavy atom. The number of hydrogen-bond acceptors (Lipinski definition) is 4. The molecule has 1 aliphatic rings.